The number of amides is 1. The molecule has 0 atom stereocenters. The summed E-state index contributed by atoms with van der Waals surface area (Å²) in [5.74, 6) is 0.458. The summed E-state index contributed by atoms with van der Waals surface area (Å²) < 4.78 is 5.28. The molecule has 0 saturated heterocycles. The van der Waals surface area contributed by atoms with Gasteiger partial charge in [0.2, 0.25) is 0 Å². The second-order valence-electron chi connectivity index (χ2n) is 3.59. The lowest BCUT2D eigenvalue weighted by Crippen LogP contribution is -2.20. The molecule has 1 aromatic rings. The predicted molar refractivity (Wildman–Crippen MR) is 60.2 cm³/mol. The van der Waals surface area contributed by atoms with Crippen LogP contribution >= 0.6 is 11.6 Å². The van der Waals surface area contributed by atoms with Crippen molar-refractivity contribution in [3.63, 3.8) is 0 Å². The summed E-state index contributed by atoms with van der Waals surface area (Å²) in [6.45, 7) is 3.95. The molecule has 0 radical (unpaired) electrons. The van der Waals surface area contributed by atoms with Crippen LogP contribution < -0.4 is 10.5 Å². The fraction of sp³-hybridized carbons (Fsp3) is 0.364. The largest absolute Gasteiger partial charge is 0.483 e. The molecule has 0 unspecified atom stereocenters. The lowest BCUT2D eigenvalue weighted by molar-refractivity contribution is -0.119. The molecule has 4 heteroatoms. The van der Waals surface area contributed by atoms with E-state index in [1.807, 2.05) is 19.9 Å². The van der Waals surface area contributed by atoms with Gasteiger partial charge in [0.05, 0.1) is 0 Å². The molecule has 0 saturated carbocycles. The third kappa shape index (κ3) is 3.44. The van der Waals surface area contributed by atoms with Crippen LogP contribution in [0.4, 0.5) is 0 Å². The van der Waals surface area contributed by atoms with Gasteiger partial charge in [-0.3, -0.25) is 4.79 Å². The van der Waals surface area contributed by atoms with E-state index in [0.29, 0.717) is 10.8 Å². The molecule has 0 aliphatic carbocycles. The normalized spacial score (nSPS) is 10.4. The number of carbonyl (C=O) groups excluding carboxylic acids is 1. The molecule has 0 bridgehead atoms. The number of hydrogen-bond donors (Lipinski definition) is 1. The van der Waals surface area contributed by atoms with E-state index in [0.717, 1.165) is 5.56 Å². The minimum atomic E-state index is -0.486. The van der Waals surface area contributed by atoms with Gasteiger partial charge in [0, 0.05) is 5.02 Å². The van der Waals surface area contributed by atoms with Crippen LogP contribution in [0.25, 0.3) is 0 Å². The first-order chi connectivity index (χ1) is 7.00. The summed E-state index contributed by atoms with van der Waals surface area (Å²) in [5, 5.41) is 0.658. The number of nitrogens with two attached hydrogens (primary N) is 1. The maximum atomic E-state index is 10.6. The summed E-state index contributed by atoms with van der Waals surface area (Å²) in [4.78, 5) is 10.6. The van der Waals surface area contributed by atoms with Crippen molar-refractivity contribution in [2.75, 3.05) is 6.61 Å². The number of halogens is 1. The zero-order valence-corrected chi connectivity index (χ0v) is 9.54. The highest BCUT2D eigenvalue weighted by molar-refractivity contribution is 6.30. The van der Waals surface area contributed by atoms with Gasteiger partial charge in [0.1, 0.15) is 5.75 Å². The van der Waals surface area contributed by atoms with Gasteiger partial charge >= 0.3 is 0 Å². The number of ether oxygens (including phenoxy) is 1. The molecule has 0 aliphatic rings. The Morgan fingerprint density at radius 2 is 2.20 bits per heavy atom. The van der Waals surface area contributed by atoms with Gasteiger partial charge in [-0.15, -0.1) is 0 Å². The molecule has 0 heterocycles. The Morgan fingerprint density at radius 3 is 2.73 bits per heavy atom. The fourth-order valence-electron chi connectivity index (χ4n) is 1.25. The molecule has 15 heavy (non-hydrogen) atoms. The molecule has 0 fully saturated rings. The molecular formula is C11H14ClNO2. The Kier molecular flexibility index (Phi) is 3.97. The van der Waals surface area contributed by atoms with Crippen LogP contribution in [0.3, 0.4) is 0 Å². The second-order valence-corrected chi connectivity index (χ2v) is 4.03. The first-order valence-electron chi connectivity index (χ1n) is 4.71. The molecule has 1 rings (SSSR count). The Bertz CT molecular complexity index is 364. The van der Waals surface area contributed by atoms with Gasteiger partial charge in [0.25, 0.3) is 5.91 Å². The molecular weight excluding hydrogens is 214 g/mol. The minimum absolute atomic E-state index is 0.110. The smallest absolute Gasteiger partial charge is 0.255 e. The maximum Gasteiger partial charge on any atom is 0.255 e. The van der Waals surface area contributed by atoms with Crippen molar-refractivity contribution in [1.29, 1.82) is 0 Å². The summed E-state index contributed by atoms with van der Waals surface area (Å²) in [7, 11) is 0. The third-order valence-electron chi connectivity index (χ3n) is 1.96. The molecule has 82 valence electrons. The number of hydrogen-bond acceptors (Lipinski definition) is 2. The lowest BCUT2D eigenvalue weighted by atomic mass is 10.0. The van der Waals surface area contributed by atoms with Gasteiger partial charge in [0.15, 0.2) is 6.61 Å². The molecule has 1 aromatic carbocycles. The molecule has 3 nitrogen and oxygen atoms in total. The second kappa shape index (κ2) is 5.03. The van der Waals surface area contributed by atoms with Crippen molar-refractivity contribution in [1.82, 2.24) is 0 Å². The Hall–Kier alpha value is -1.22. The van der Waals surface area contributed by atoms with Crippen molar-refractivity contribution in [3.05, 3.63) is 28.8 Å². The van der Waals surface area contributed by atoms with Crippen LogP contribution in [0.15, 0.2) is 18.2 Å². The van der Waals surface area contributed by atoms with Gasteiger partial charge in [-0.05, 0) is 29.7 Å². The average molecular weight is 228 g/mol. The van der Waals surface area contributed by atoms with Crippen LogP contribution in [0.5, 0.6) is 5.75 Å². The summed E-state index contributed by atoms with van der Waals surface area (Å²) >= 11 is 5.88. The van der Waals surface area contributed by atoms with E-state index in [2.05, 4.69) is 0 Å². The van der Waals surface area contributed by atoms with Crippen LogP contribution in [0.1, 0.15) is 25.3 Å². The zero-order chi connectivity index (χ0) is 11.4. The maximum absolute atomic E-state index is 10.6. The van der Waals surface area contributed by atoms with E-state index in [4.69, 9.17) is 22.1 Å². The summed E-state index contributed by atoms with van der Waals surface area (Å²) in [6, 6.07) is 5.31. The van der Waals surface area contributed by atoms with E-state index in [9.17, 15) is 4.79 Å². The zero-order valence-electron chi connectivity index (χ0n) is 8.79. The van der Waals surface area contributed by atoms with Crippen LogP contribution in [-0.4, -0.2) is 12.5 Å². The van der Waals surface area contributed by atoms with Crippen molar-refractivity contribution in [3.8, 4) is 5.75 Å². The third-order valence-corrected chi connectivity index (χ3v) is 2.20. The highest BCUT2D eigenvalue weighted by atomic mass is 35.5. The monoisotopic (exact) mass is 227 g/mol. The topological polar surface area (TPSA) is 52.3 Å². The fourth-order valence-corrected chi connectivity index (χ4v) is 1.43. The molecule has 0 spiro atoms. The highest BCUT2D eigenvalue weighted by Gasteiger charge is 2.09. The van der Waals surface area contributed by atoms with Crippen molar-refractivity contribution in [2.45, 2.75) is 19.8 Å². The van der Waals surface area contributed by atoms with Gasteiger partial charge in [-0.25, -0.2) is 0 Å². The van der Waals surface area contributed by atoms with Gasteiger partial charge in [-0.2, -0.15) is 0 Å². The first-order valence-corrected chi connectivity index (χ1v) is 5.09. The Labute approximate surface area is 94.2 Å². The highest BCUT2D eigenvalue weighted by Crippen LogP contribution is 2.29. The van der Waals surface area contributed by atoms with Gasteiger partial charge < -0.3 is 10.5 Å². The van der Waals surface area contributed by atoms with E-state index < -0.39 is 5.91 Å². The van der Waals surface area contributed by atoms with E-state index >= 15 is 0 Å². The average Bonchev–Trinajstić information content (AvgIpc) is 2.15. The number of rotatable bonds is 4. The number of primary amides is 1. The van der Waals surface area contributed by atoms with Crippen molar-refractivity contribution in [2.24, 2.45) is 5.73 Å². The van der Waals surface area contributed by atoms with Crippen LogP contribution in [0.2, 0.25) is 5.02 Å². The molecule has 0 aromatic heterocycles. The SMILES string of the molecule is CC(C)c1cc(Cl)ccc1OCC(N)=O. The quantitative estimate of drug-likeness (QED) is 0.858. The first kappa shape index (κ1) is 11.9. The van der Waals surface area contributed by atoms with Crippen LogP contribution in [0, 0.1) is 0 Å². The number of carbonyl (C=O) groups is 1. The summed E-state index contributed by atoms with van der Waals surface area (Å²) in [5.41, 5.74) is 5.98. The van der Waals surface area contributed by atoms with Crippen molar-refractivity contribution >= 4 is 17.5 Å². The summed E-state index contributed by atoms with van der Waals surface area (Å²) in [6.07, 6.45) is 0. The standard InChI is InChI=1S/C11H14ClNO2/c1-7(2)9-5-8(12)3-4-10(9)15-6-11(13)14/h3-5,7H,6H2,1-2H3,(H2,13,14). The minimum Gasteiger partial charge on any atom is -0.483 e. The number of benzene rings is 1. The molecule has 1 amide bonds. The van der Waals surface area contributed by atoms with E-state index in [-0.39, 0.29) is 12.5 Å². The molecule has 0 aliphatic heterocycles. The predicted octanol–water partition coefficient (Wildman–Crippen LogP) is 2.33. The van der Waals surface area contributed by atoms with E-state index in [1.165, 1.54) is 0 Å². The lowest BCUT2D eigenvalue weighted by Gasteiger charge is -2.13. The Morgan fingerprint density at radius 1 is 1.53 bits per heavy atom. The van der Waals surface area contributed by atoms with Crippen molar-refractivity contribution < 1.29 is 9.53 Å². The van der Waals surface area contributed by atoms with E-state index in [1.54, 1.807) is 12.1 Å². The Balaban J connectivity index is 2.90. The molecule has 2 N–H and O–H groups in total. The van der Waals surface area contributed by atoms with Gasteiger partial charge in [-0.1, -0.05) is 25.4 Å². The van der Waals surface area contributed by atoms with Crippen LogP contribution in [-0.2, 0) is 4.79 Å².